The maximum Gasteiger partial charge on any atom is 0.326 e. The Bertz CT molecular complexity index is 924. The molecule has 3 aliphatic rings. The third-order valence-corrected chi connectivity index (χ3v) is 6.34. The molecule has 0 aromatic heterocycles. The van der Waals surface area contributed by atoms with Gasteiger partial charge in [-0.3, -0.25) is 4.79 Å². The van der Waals surface area contributed by atoms with E-state index < -0.39 is 39.9 Å². The summed E-state index contributed by atoms with van der Waals surface area (Å²) in [5.41, 5.74) is -0.635. The van der Waals surface area contributed by atoms with E-state index >= 15 is 0 Å². The van der Waals surface area contributed by atoms with Crippen LogP contribution in [0.2, 0.25) is 0 Å². The predicted octanol–water partition coefficient (Wildman–Crippen LogP) is 0.0807. The molecular formula is C16H15FN2O5S. The number of amides is 1. The van der Waals surface area contributed by atoms with Gasteiger partial charge in [0.1, 0.15) is 18.0 Å². The summed E-state index contributed by atoms with van der Waals surface area (Å²) in [5.74, 6) is 4.07. The molecule has 1 amide bonds. The van der Waals surface area contributed by atoms with Crippen LogP contribution in [-0.4, -0.2) is 37.2 Å². The fourth-order valence-electron chi connectivity index (χ4n) is 3.72. The Morgan fingerprint density at radius 2 is 1.96 bits per heavy atom. The highest BCUT2D eigenvalue weighted by atomic mass is 32.2. The molecule has 0 spiro atoms. The van der Waals surface area contributed by atoms with Crippen LogP contribution in [0.5, 0.6) is 5.75 Å². The third kappa shape index (κ3) is 2.62. The topological polar surface area (TPSA) is 107 Å². The fraction of sp³-hybridized carbons (Fsp3) is 0.438. The number of fused-ring (bicyclic) bond motifs is 1. The quantitative estimate of drug-likeness (QED) is 0.611. The highest BCUT2D eigenvalue weighted by Crippen LogP contribution is 2.57. The van der Waals surface area contributed by atoms with Crippen molar-refractivity contribution in [1.29, 1.82) is 0 Å². The molecule has 3 fully saturated rings. The van der Waals surface area contributed by atoms with E-state index in [0.717, 1.165) is 6.07 Å². The fourth-order valence-corrected chi connectivity index (χ4v) is 4.89. The number of aliphatic hydroxyl groups excluding tert-OH is 1. The molecule has 1 aliphatic heterocycles. The predicted molar refractivity (Wildman–Crippen MR) is 85.1 cm³/mol. The molecule has 0 radical (unpaired) electrons. The second-order valence-corrected chi connectivity index (χ2v) is 8.17. The van der Waals surface area contributed by atoms with Crippen LogP contribution in [-0.2, 0) is 15.0 Å². The van der Waals surface area contributed by atoms with Crippen LogP contribution in [0.25, 0.3) is 0 Å². The average molecular weight is 366 g/mol. The summed E-state index contributed by atoms with van der Waals surface area (Å²) in [7, 11) is -4.23. The van der Waals surface area contributed by atoms with Gasteiger partial charge in [-0.1, -0.05) is 11.8 Å². The minimum atomic E-state index is -4.23. The summed E-state index contributed by atoms with van der Waals surface area (Å²) in [4.78, 5) is 11.3. The van der Waals surface area contributed by atoms with Crippen LogP contribution < -0.4 is 9.03 Å². The number of nitrogens with zero attached hydrogens (tertiary/aromatic N) is 1. The number of phenols is 1. The number of anilines is 1. The lowest BCUT2D eigenvalue weighted by Crippen LogP contribution is -2.30. The molecule has 2 unspecified atom stereocenters. The van der Waals surface area contributed by atoms with Crippen LogP contribution >= 0.6 is 0 Å². The van der Waals surface area contributed by atoms with Gasteiger partial charge >= 0.3 is 10.2 Å². The molecule has 2 saturated carbocycles. The molecular weight excluding hydrogens is 351 g/mol. The second-order valence-electron chi connectivity index (χ2n) is 6.58. The number of aromatic hydroxyl groups is 1. The summed E-state index contributed by atoms with van der Waals surface area (Å²) in [5, 5.41) is 19.4. The number of hydrogen-bond donors (Lipinski definition) is 3. The molecule has 25 heavy (non-hydrogen) atoms. The van der Waals surface area contributed by atoms with E-state index in [1.165, 1.54) is 6.07 Å². The third-order valence-electron chi connectivity index (χ3n) is 4.96. The van der Waals surface area contributed by atoms with Crippen molar-refractivity contribution < 1.29 is 27.8 Å². The summed E-state index contributed by atoms with van der Waals surface area (Å²) in [6.07, 6.45) is 1.12. The van der Waals surface area contributed by atoms with Crippen molar-refractivity contribution in [1.82, 2.24) is 4.72 Å². The lowest BCUT2D eigenvalue weighted by molar-refractivity contribution is -0.117. The molecule has 0 bridgehead atoms. The van der Waals surface area contributed by atoms with Gasteiger partial charge in [-0.05, 0) is 36.8 Å². The van der Waals surface area contributed by atoms with Crippen molar-refractivity contribution in [3.63, 3.8) is 0 Å². The zero-order chi connectivity index (χ0) is 17.9. The normalized spacial score (nSPS) is 31.9. The maximum atomic E-state index is 14.7. The molecule has 1 saturated heterocycles. The van der Waals surface area contributed by atoms with Crippen molar-refractivity contribution in [3.05, 3.63) is 23.5 Å². The lowest BCUT2D eigenvalue weighted by Gasteiger charge is -2.17. The number of phenolic OH excluding ortho intramolecular Hbond substituents is 1. The summed E-state index contributed by atoms with van der Waals surface area (Å²) in [6, 6.07) is 2.42. The number of carbonyl (C=O) groups is 1. The van der Waals surface area contributed by atoms with E-state index in [2.05, 4.69) is 11.8 Å². The standard InChI is InChI=1S/C16H15FN2O5S/c17-15-8(1-3-10-11-5-9(20)6-12(10)11)2-4-13(21)16(15)19-7-14(22)18-25(19,23)24/h2,4,9-12,20-21H,5-7H2,(H,18,22)/t9?,10?,11-,12+. The maximum absolute atomic E-state index is 14.7. The molecule has 1 aromatic carbocycles. The smallest absolute Gasteiger partial charge is 0.326 e. The minimum Gasteiger partial charge on any atom is -0.506 e. The Morgan fingerprint density at radius 3 is 2.56 bits per heavy atom. The molecule has 7 nitrogen and oxygen atoms in total. The van der Waals surface area contributed by atoms with Gasteiger partial charge in [-0.2, -0.15) is 8.42 Å². The molecule has 3 N–H and O–H groups in total. The van der Waals surface area contributed by atoms with Gasteiger partial charge in [0.2, 0.25) is 0 Å². The van der Waals surface area contributed by atoms with Crippen LogP contribution in [0.15, 0.2) is 12.1 Å². The van der Waals surface area contributed by atoms with Crippen LogP contribution in [0.1, 0.15) is 18.4 Å². The minimum absolute atomic E-state index is 0.0483. The number of hydrogen-bond acceptors (Lipinski definition) is 5. The Hall–Kier alpha value is -2.31. The van der Waals surface area contributed by atoms with Crippen molar-refractivity contribution in [2.24, 2.45) is 17.8 Å². The van der Waals surface area contributed by atoms with E-state index in [0.29, 0.717) is 29.0 Å². The van der Waals surface area contributed by atoms with E-state index in [1.54, 1.807) is 4.72 Å². The molecule has 1 heterocycles. The van der Waals surface area contributed by atoms with Gasteiger partial charge in [0.25, 0.3) is 5.91 Å². The molecule has 132 valence electrons. The molecule has 1 aromatic rings. The zero-order valence-corrected chi connectivity index (χ0v) is 13.8. The number of benzene rings is 1. The van der Waals surface area contributed by atoms with Gasteiger partial charge in [-0.25, -0.2) is 13.4 Å². The average Bonchev–Trinajstić information content (AvgIpc) is 2.84. The number of aliphatic hydroxyl groups is 1. The lowest BCUT2D eigenvalue weighted by atomic mass is 10.1. The SMILES string of the molecule is O=C1CN(c2c(O)ccc(C#CC3[C@H]4CC(O)C[C@@H]34)c2F)S(=O)(=O)N1. The van der Waals surface area contributed by atoms with Crippen molar-refractivity contribution >= 4 is 21.8 Å². The van der Waals surface area contributed by atoms with E-state index in [-0.39, 0.29) is 17.6 Å². The monoisotopic (exact) mass is 366 g/mol. The van der Waals surface area contributed by atoms with Crippen molar-refractivity contribution in [3.8, 4) is 17.6 Å². The number of nitrogens with one attached hydrogen (secondary N) is 1. The van der Waals surface area contributed by atoms with E-state index in [1.807, 2.05) is 0 Å². The molecule has 9 heteroatoms. The Kier molecular flexibility index (Phi) is 3.46. The van der Waals surface area contributed by atoms with Crippen LogP contribution in [0.3, 0.4) is 0 Å². The highest BCUT2D eigenvalue weighted by molar-refractivity contribution is 7.92. The first-order chi connectivity index (χ1) is 11.8. The Balaban J connectivity index is 1.65. The van der Waals surface area contributed by atoms with Gasteiger partial charge in [-0.15, -0.1) is 0 Å². The second kappa shape index (κ2) is 5.34. The molecule has 2 aliphatic carbocycles. The first-order valence-corrected chi connectivity index (χ1v) is 9.26. The summed E-state index contributed by atoms with van der Waals surface area (Å²) < 4.78 is 40.7. The Morgan fingerprint density at radius 1 is 1.28 bits per heavy atom. The van der Waals surface area contributed by atoms with Gasteiger partial charge in [0.05, 0.1) is 11.7 Å². The van der Waals surface area contributed by atoms with Crippen LogP contribution in [0.4, 0.5) is 10.1 Å². The summed E-state index contributed by atoms with van der Waals surface area (Å²) in [6.45, 7) is -0.603. The van der Waals surface area contributed by atoms with Crippen LogP contribution in [0, 0.1) is 35.4 Å². The highest BCUT2D eigenvalue weighted by Gasteiger charge is 2.55. The zero-order valence-electron chi connectivity index (χ0n) is 12.9. The number of halogens is 1. The molecule has 4 atom stereocenters. The van der Waals surface area contributed by atoms with Gasteiger partial charge in [0.15, 0.2) is 5.82 Å². The van der Waals surface area contributed by atoms with Gasteiger partial charge in [0, 0.05) is 5.92 Å². The van der Waals surface area contributed by atoms with E-state index in [4.69, 9.17) is 0 Å². The number of carbonyl (C=O) groups excluding carboxylic acids is 1. The van der Waals surface area contributed by atoms with Crippen molar-refractivity contribution in [2.75, 3.05) is 10.8 Å². The largest absolute Gasteiger partial charge is 0.506 e. The first-order valence-electron chi connectivity index (χ1n) is 7.82. The first kappa shape index (κ1) is 16.2. The van der Waals surface area contributed by atoms with Gasteiger partial charge < -0.3 is 10.2 Å². The summed E-state index contributed by atoms with van der Waals surface area (Å²) >= 11 is 0. The van der Waals surface area contributed by atoms with E-state index in [9.17, 15) is 27.8 Å². The Labute approximate surface area is 143 Å². The molecule has 4 rings (SSSR count). The number of rotatable bonds is 1. The van der Waals surface area contributed by atoms with Crippen molar-refractivity contribution in [2.45, 2.75) is 18.9 Å².